The zero-order chi connectivity index (χ0) is 17.1. The van der Waals surface area contributed by atoms with Crippen molar-refractivity contribution in [3.05, 3.63) is 74.5 Å². The molecule has 0 spiro atoms. The predicted octanol–water partition coefficient (Wildman–Crippen LogP) is 5.00. The van der Waals surface area contributed by atoms with E-state index in [1.54, 1.807) is 6.20 Å². The molecule has 1 N–H and O–H groups in total. The Hall–Kier alpha value is -1.95. The Morgan fingerprint density at radius 1 is 1.21 bits per heavy atom. The van der Waals surface area contributed by atoms with Crippen LogP contribution in [-0.4, -0.2) is 15.9 Å². The molecule has 3 rings (SSSR count). The number of aryl methyl sites for hydroxylation is 1. The Labute approximate surface area is 153 Å². The predicted molar refractivity (Wildman–Crippen MR) is 98.3 cm³/mol. The van der Waals surface area contributed by atoms with Crippen LogP contribution in [0, 0.1) is 6.92 Å². The number of pyridine rings is 1. The molecule has 2 heterocycles. The monoisotopic (exact) mass is 377 g/mol. The van der Waals surface area contributed by atoms with Crippen LogP contribution < -0.4 is 5.32 Å². The quantitative estimate of drug-likeness (QED) is 0.651. The van der Waals surface area contributed by atoms with Crippen LogP contribution in [-0.2, 0) is 6.42 Å². The summed E-state index contributed by atoms with van der Waals surface area (Å²) < 4.78 is 0. The van der Waals surface area contributed by atoms with E-state index in [-0.39, 0.29) is 16.1 Å². The summed E-state index contributed by atoms with van der Waals surface area (Å²) in [7, 11) is 0. The molecule has 0 saturated carbocycles. The van der Waals surface area contributed by atoms with Gasteiger partial charge in [-0.1, -0.05) is 53.0 Å². The second kappa shape index (κ2) is 7.30. The minimum Gasteiger partial charge on any atom is -0.298 e. The average molecular weight is 378 g/mol. The molecule has 0 fully saturated rings. The van der Waals surface area contributed by atoms with Crippen LogP contribution in [0.5, 0.6) is 0 Å². The first kappa shape index (κ1) is 16.9. The number of hydrogen-bond acceptors (Lipinski definition) is 4. The van der Waals surface area contributed by atoms with Gasteiger partial charge in [-0.25, -0.2) is 9.97 Å². The summed E-state index contributed by atoms with van der Waals surface area (Å²) >= 11 is 13.1. The molecule has 7 heteroatoms. The molecule has 0 aliphatic carbocycles. The van der Waals surface area contributed by atoms with Crippen LogP contribution in [0.2, 0.25) is 10.2 Å². The lowest BCUT2D eigenvalue weighted by Gasteiger charge is -2.02. The highest BCUT2D eigenvalue weighted by Crippen LogP contribution is 2.23. The van der Waals surface area contributed by atoms with Gasteiger partial charge in [0.2, 0.25) is 0 Å². The van der Waals surface area contributed by atoms with Gasteiger partial charge < -0.3 is 0 Å². The van der Waals surface area contributed by atoms with Gasteiger partial charge in [-0.05, 0) is 18.6 Å². The molecule has 0 bridgehead atoms. The minimum atomic E-state index is -0.322. The van der Waals surface area contributed by atoms with Gasteiger partial charge in [0.15, 0.2) is 5.13 Å². The fourth-order valence-corrected chi connectivity index (χ4v) is 3.30. The van der Waals surface area contributed by atoms with Gasteiger partial charge in [0.25, 0.3) is 5.91 Å². The number of rotatable bonds is 4. The van der Waals surface area contributed by atoms with Crippen molar-refractivity contribution in [3.63, 3.8) is 0 Å². The van der Waals surface area contributed by atoms with Crippen molar-refractivity contribution in [2.45, 2.75) is 13.3 Å². The van der Waals surface area contributed by atoms with E-state index in [1.165, 1.54) is 34.7 Å². The number of nitrogens with one attached hydrogen (secondary N) is 1. The van der Waals surface area contributed by atoms with Crippen molar-refractivity contribution in [1.29, 1.82) is 0 Å². The first-order valence-electron chi connectivity index (χ1n) is 7.14. The molecule has 1 aromatic carbocycles. The van der Waals surface area contributed by atoms with Crippen molar-refractivity contribution >= 4 is 45.6 Å². The van der Waals surface area contributed by atoms with Gasteiger partial charge in [0.1, 0.15) is 5.15 Å². The second-order valence-corrected chi connectivity index (χ2v) is 7.13. The highest BCUT2D eigenvalue weighted by molar-refractivity contribution is 7.15. The van der Waals surface area contributed by atoms with Crippen molar-refractivity contribution in [1.82, 2.24) is 9.97 Å². The summed E-state index contributed by atoms with van der Waals surface area (Å²) in [6.45, 7) is 2.06. The molecule has 4 nitrogen and oxygen atoms in total. The number of carbonyl (C=O) groups is 1. The summed E-state index contributed by atoms with van der Waals surface area (Å²) in [5, 5.41) is 3.69. The molecule has 0 aliphatic heterocycles. The van der Waals surface area contributed by atoms with Gasteiger partial charge in [-0.2, -0.15) is 0 Å². The molecule has 2 aromatic heterocycles. The van der Waals surface area contributed by atoms with Crippen LogP contribution in [0.4, 0.5) is 5.13 Å². The van der Waals surface area contributed by atoms with Crippen LogP contribution in [0.15, 0.2) is 42.7 Å². The van der Waals surface area contributed by atoms with Crippen LogP contribution in [0.3, 0.4) is 0 Å². The average Bonchev–Trinajstić information content (AvgIpc) is 2.97. The number of hydrogen-bond donors (Lipinski definition) is 1. The number of amides is 1. The Kier molecular flexibility index (Phi) is 5.14. The van der Waals surface area contributed by atoms with Crippen LogP contribution in [0.25, 0.3) is 0 Å². The molecule has 0 atom stereocenters. The second-order valence-electron chi connectivity index (χ2n) is 5.25. The Balaban J connectivity index is 1.69. The normalized spacial score (nSPS) is 10.6. The summed E-state index contributed by atoms with van der Waals surface area (Å²) in [5.41, 5.74) is 2.77. The maximum atomic E-state index is 12.2. The molecule has 24 heavy (non-hydrogen) atoms. The van der Waals surface area contributed by atoms with E-state index >= 15 is 0 Å². The third-order valence-electron chi connectivity index (χ3n) is 3.29. The zero-order valence-electron chi connectivity index (χ0n) is 12.7. The topological polar surface area (TPSA) is 54.9 Å². The van der Waals surface area contributed by atoms with E-state index in [0.29, 0.717) is 10.7 Å². The van der Waals surface area contributed by atoms with E-state index < -0.39 is 0 Å². The van der Waals surface area contributed by atoms with Crippen LogP contribution in [0.1, 0.15) is 26.4 Å². The van der Waals surface area contributed by atoms with E-state index in [9.17, 15) is 4.79 Å². The summed E-state index contributed by atoms with van der Waals surface area (Å²) in [4.78, 5) is 21.4. The van der Waals surface area contributed by atoms with Gasteiger partial charge in [0.05, 0.1) is 10.6 Å². The number of aromatic nitrogens is 2. The van der Waals surface area contributed by atoms with Crippen molar-refractivity contribution in [2.75, 3.05) is 5.32 Å². The third kappa shape index (κ3) is 4.12. The molecule has 3 aromatic rings. The van der Waals surface area contributed by atoms with Gasteiger partial charge in [-0.3, -0.25) is 10.1 Å². The molecular weight excluding hydrogens is 365 g/mol. The molecule has 1 amide bonds. The van der Waals surface area contributed by atoms with Crippen molar-refractivity contribution in [3.8, 4) is 0 Å². The Bertz CT molecular complexity index is 895. The van der Waals surface area contributed by atoms with Gasteiger partial charge in [-0.15, -0.1) is 11.3 Å². The first-order valence-corrected chi connectivity index (χ1v) is 8.71. The maximum absolute atomic E-state index is 12.2. The van der Waals surface area contributed by atoms with Crippen molar-refractivity contribution < 1.29 is 4.79 Å². The Morgan fingerprint density at radius 3 is 2.79 bits per heavy atom. The standard InChI is InChI=1S/C17H13Cl2N3OS/c1-10-3-2-4-11(5-10)6-13-9-21-17(24-13)22-16(23)12-7-14(18)15(19)20-8-12/h2-5,7-9H,6H2,1H3,(H,21,22,23). The highest BCUT2D eigenvalue weighted by atomic mass is 35.5. The fourth-order valence-electron chi connectivity index (χ4n) is 2.19. The lowest BCUT2D eigenvalue weighted by molar-refractivity contribution is 0.102. The number of nitrogens with zero attached hydrogens (tertiary/aromatic N) is 2. The van der Waals surface area contributed by atoms with E-state index in [1.807, 2.05) is 6.07 Å². The number of carbonyl (C=O) groups excluding carboxylic acids is 1. The van der Waals surface area contributed by atoms with Gasteiger partial charge >= 0.3 is 0 Å². The lowest BCUT2D eigenvalue weighted by Crippen LogP contribution is -2.11. The third-order valence-corrected chi connectivity index (χ3v) is 4.89. The largest absolute Gasteiger partial charge is 0.298 e. The number of anilines is 1. The maximum Gasteiger partial charge on any atom is 0.259 e. The Morgan fingerprint density at radius 2 is 2.04 bits per heavy atom. The van der Waals surface area contributed by atoms with Crippen LogP contribution >= 0.6 is 34.5 Å². The summed E-state index contributed by atoms with van der Waals surface area (Å²) in [5.74, 6) is -0.322. The van der Waals surface area contributed by atoms with Crippen molar-refractivity contribution in [2.24, 2.45) is 0 Å². The molecule has 0 aliphatic rings. The number of halogens is 2. The molecule has 0 saturated heterocycles. The van der Waals surface area contributed by atoms with Gasteiger partial charge in [0, 0.05) is 23.7 Å². The molecular formula is C17H13Cl2N3OS. The fraction of sp³-hybridized carbons (Fsp3) is 0.118. The van der Waals surface area contributed by atoms with E-state index in [2.05, 4.69) is 40.4 Å². The first-order chi connectivity index (χ1) is 11.5. The van der Waals surface area contributed by atoms with E-state index in [0.717, 1.165) is 11.3 Å². The number of benzene rings is 1. The molecule has 122 valence electrons. The minimum absolute atomic E-state index is 0.169. The lowest BCUT2D eigenvalue weighted by atomic mass is 10.1. The smallest absolute Gasteiger partial charge is 0.259 e. The highest BCUT2D eigenvalue weighted by Gasteiger charge is 2.12. The molecule has 0 radical (unpaired) electrons. The number of thiazole rings is 1. The SMILES string of the molecule is Cc1cccc(Cc2cnc(NC(=O)c3cnc(Cl)c(Cl)c3)s2)c1. The molecule has 0 unspecified atom stereocenters. The van der Waals surface area contributed by atoms with E-state index in [4.69, 9.17) is 23.2 Å². The zero-order valence-corrected chi connectivity index (χ0v) is 15.0. The summed E-state index contributed by atoms with van der Waals surface area (Å²) in [6.07, 6.45) is 3.93. The summed E-state index contributed by atoms with van der Waals surface area (Å²) in [6, 6.07) is 9.79.